The van der Waals surface area contributed by atoms with Crippen molar-refractivity contribution in [1.82, 2.24) is 5.32 Å². The van der Waals surface area contributed by atoms with Gasteiger partial charge in [0.05, 0.1) is 11.0 Å². The van der Waals surface area contributed by atoms with Crippen LogP contribution in [-0.2, 0) is 11.3 Å². The van der Waals surface area contributed by atoms with Crippen molar-refractivity contribution >= 4 is 17.3 Å². The van der Waals surface area contributed by atoms with Crippen molar-refractivity contribution < 1.29 is 9.66 Å². The molecule has 0 bridgehead atoms. The van der Waals surface area contributed by atoms with Crippen molar-refractivity contribution in [3.63, 3.8) is 0 Å². The lowest BCUT2D eigenvalue weighted by molar-refractivity contribution is -0.385. The smallest absolute Gasteiger partial charge is 0.273 e. The van der Waals surface area contributed by atoms with Gasteiger partial charge in [-0.3, -0.25) is 10.1 Å². The molecule has 1 aliphatic carbocycles. The number of benzene rings is 1. The molecule has 5 nitrogen and oxygen atoms in total. The van der Waals surface area contributed by atoms with Gasteiger partial charge in [0.25, 0.3) is 5.69 Å². The molecule has 1 fully saturated rings. The van der Waals surface area contributed by atoms with E-state index in [4.69, 9.17) is 16.3 Å². The van der Waals surface area contributed by atoms with Crippen molar-refractivity contribution in [2.45, 2.75) is 39.0 Å². The van der Waals surface area contributed by atoms with Gasteiger partial charge < -0.3 is 10.1 Å². The number of nitro groups is 1. The Balaban J connectivity index is 2.05. The third-order valence-electron chi connectivity index (χ3n) is 4.24. The van der Waals surface area contributed by atoms with Crippen molar-refractivity contribution in [2.75, 3.05) is 7.11 Å². The molecule has 0 aromatic heterocycles. The Morgan fingerprint density at radius 2 is 2.25 bits per heavy atom. The molecule has 0 amide bonds. The van der Waals surface area contributed by atoms with Gasteiger partial charge in [-0.15, -0.1) is 0 Å². The summed E-state index contributed by atoms with van der Waals surface area (Å²) in [6.07, 6.45) is 1.15. The van der Waals surface area contributed by atoms with E-state index in [1.807, 2.05) is 0 Å². The van der Waals surface area contributed by atoms with E-state index in [0.717, 1.165) is 6.42 Å². The third kappa shape index (κ3) is 2.80. The molecule has 2 atom stereocenters. The second kappa shape index (κ2) is 5.68. The molecule has 1 aliphatic rings. The van der Waals surface area contributed by atoms with Crippen LogP contribution < -0.4 is 5.32 Å². The van der Waals surface area contributed by atoms with Gasteiger partial charge >= 0.3 is 0 Å². The lowest BCUT2D eigenvalue weighted by atomic mass is 9.64. The van der Waals surface area contributed by atoms with Gasteiger partial charge in [-0.25, -0.2) is 0 Å². The summed E-state index contributed by atoms with van der Waals surface area (Å²) in [6.45, 7) is 4.70. The number of nitro benzene ring substituents is 1. The van der Waals surface area contributed by atoms with E-state index in [9.17, 15) is 10.1 Å². The Kier molecular flexibility index (Phi) is 4.32. The standard InChI is InChI=1S/C14H19ClN2O3/c1-14(2)12(7-13(14)20-3)16-8-9-6-10(15)4-5-11(9)17(18)19/h4-6,12-13,16H,7-8H2,1-3H3. The average molecular weight is 299 g/mol. The zero-order valence-corrected chi connectivity index (χ0v) is 12.6. The van der Waals surface area contributed by atoms with Crippen molar-refractivity contribution in [3.05, 3.63) is 38.9 Å². The van der Waals surface area contributed by atoms with E-state index in [-0.39, 0.29) is 28.2 Å². The summed E-state index contributed by atoms with van der Waals surface area (Å²) in [5.41, 5.74) is 0.740. The van der Waals surface area contributed by atoms with Crippen molar-refractivity contribution in [1.29, 1.82) is 0 Å². The van der Waals surface area contributed by atoms with Gasteiger partial charge in [0.1, 0.15) is 0 Å². The molecule has 1 aromatic rings. The van der Waals surface area contributed by atoms with E-state index in [2.05, 4.69) is 19.2 Å². The molecule has 110 valence electrons. The Morgan fingerprint density at radius 3 is 2.80 bits per heavy atom. The Bertz CT molecular complexity index is 519. The Labute approximate surface area is 123 Å². The lowest BCUT2D eigenvalue weighted by Gasteiger charge is -2.51. The number of rotatable bonds is 5. The number of nitrogens with zero attached hydrogens (tertiary/aromatic N) is 1. The van der Waals surface area contributed by atoms with E-state index in [1.165, 1.54) is 12.1 Å². The highest BCUT2D eigenvalue weighted by molar-refractivity contribution is 6.30. The molecule has 1 saturated carbocycles. The van der Waals surface area contributed by atoms with Gasteiger partial charge in [-0.2, -0.15) is 0 Å². The molecule has 0 radical (unpaired) electrons. The van der Waals surface area contributed by atoms with Crippen LogP contribution in [0.1, 0.15) is 25.8 Å². The first-order chi connectivity index (χ1) is 9.36. The maximum absolute atomic E-state index is 11.0. The third-order valence-corrected chi connectivity index (χ3v) is 4.47. The zero-order valence-electron chi connectivity index (χ0n) is 11.9. The fourth-order valence-corrected chi connectivity index (χ4v) is 2.93. The molecule has 6 heteroatoms. The molecule has 1 N–H and O–H groups in total. The summed E-state index contributed by atoms with van der Waals surface area (Å²) < 4.78 is 5.40. The van der Waals surface area contributed by atoms with Crippen LogP contribution in [0, 0.1) is 15.5 Å². The molecule has 20 heavy (non-hydrogen) atoms. The number of ether oxygens (including phenoxy) is 1. The summed E-state index contributed by atoms with van der Waals surface area (Å²) in [4.78, 5) is 10.6. The van der Waals surface area contributed by atoms with Crippen LogP contribution in [0.3, 0.4) is 0 Å². The summed E-state index contributed by atoms with van der Waals surface area (Å²) in [6, 6.07) is 4.92. The average Bonchev–Trinajstić information content (AvgIpc) is 2.37. The monoisotopic (exact) mass is 298 g/mol. The van der Waals surface area contributed by atoms with Crippen LogP contribution in [0.2, 0.25) is 5.02 Å². The number of hydrogen-bond donors (Lipinski definition) is 1. The summed E-state index contributed by atoms with van der Waals surface area (Å²) >= 11 is 5.92. The first-order valence-corrected chi connectivity index (χ1v) is 6.93. The molecule has 2 rings (SSSR count). The molecule has 0 aliphatic heterocycles. The van der Waals surface area contributed by atoms with E-state index < -0.39 is 0 Å². The fourth-order valence-electron chi connectivity index (χ4n) is 2.74. The van der Waals surface area contributed by atoms with Crippen LogP contribution in [0.25, 0.3) is 0 Å². The van der Waals surface area contributed by atoms with Crippen LogP contribution in [0.5, 0.6) is 0 Å². The second-order valence-corrected chi connectivity index (χ2v) is 6.18. The largest absolute Gasteiger partial charge is 0.381 e. The van der Waals surface area contributed by atoms with Crippen LogP contribution in [0.4, 0.5) is 5.69 Å². The number of halogens is 1. The number of hydrogen-bond acceptors (Lipinski definition) is 4. The molecule has 0 spiro atoms. The molecule has 0 heterocycles. The van der Waals surface area contributed by atoms with Gasteiger partial charge in [0, 0.05) is 41.8 Å². The van der Waals surface area contributed by atoms with Crippen molar-refractivity contribution in [3.8, 4) is 0 Å². The summed E-state index contributed by atoms with van der Waals surface area (Å²) in [7, 11) is 1.71. The van der Waals surface area contributed by atoms with Crippen LogP contribution in [-0.4, -0.2) is 24.2 Å². The molecular formula is C14H19ClN2O3. The second-order valence-electron chi connectivity index (χ2n) is 5.75. The SMILES string of the molecule is COC1CC(NCc2cc(Cl)ccc2[N+](=O)[O-])C1(C)C. The zero-order chi connectivity index (χ0) is 14.9. The minimum Gasteiger partial charge on any atom is -0.381 e. The quantitative estimate of drug-likeness (QED) is 0.670. The lowest BCUT2D eigenvalue weighted by Crippen LogP contribution is -2.60. The summed E-state index contributed by atoms with van der Waals surface area (Å²) in [5.74, 6) is 0. The topological polar surface area (TPSA) is 64.4 Å². The van der Waals surface area contributed by atoms with Crippen molar-refractivity contribution in [2.24, 2.45) is 5.41 Å². The highest BCUT2D eigenvalue weighted by Crippen LogP contribution is 2.42. The minimum atomic E-state index is -0.378. The van der Waals surface area contributed by atoms with Gasteiger partial charge in [0.15, 0.2) is 0 Å². The Hall–Kier alpha value is -1.17. The van der Waals surface area contributed by atoms with E-state index >= 15 is 0 Å². The Morgan fingerprint density at radius 1 is 1.55 bits per heavy atom. The van der Waals surface area contributed by atoms with E-state index in [1.54, 1.807) is 13.2 Å². The summed E-state index contributed by atoms with van der Waals surface area (Å²) in [5, 5.41) is 14.9. The first-order valence-electron chi connectivity index (χ1n) is 6.55. The molecule has 0 saturated heterocycles. The van der Waals surface area contributed by atoms with Crippen LogP contribution in [0.15, 0.2) is 18.2 Å². The predicted molar refractivity (Wildman–Crippen MR) is 77.9 cm³/mol. The van der Waals surface area contributed by atoms with Gasteiger partial charge in [-0.05, 0) is 18.6 Å². The van der Waals surface area contributed by atoms with Gasteiger partial charge in [0.2, 0.25) is 0 Å². The fraction of sp³-hybridized carbons (Fsp3) is 0.571. The molecular weight excluding hydrogens is 280 g/mol. The number of methoxy groups -OCH3 is 1. The van der Waals surface area contributed by atoms with Gasteiger partial charge in [-0.1, -0.05) is 25.4 Å². The highest BCUT2D eigenvalue weighted by Gasteiger charge is 2.48. The maximum atomic E-state index is 11.0. The molecule has 1 aromatic carbocycles. The highest BCUT2D eigenvalue weighted by atomic mass is 35.5. The van der Waals surface area contributed by atoms with E-state index in [0.29, 0.717) is 17.1 Å². The predicted octanol–water partition coefficient (Wildman–Crippen LogP) is 3.15. The maximum Gasteiger partial charge on any atom is 0.273 e. The normalized spacial score (nSPS) is 24.2. The first kappa shape index (κ1) is 15.2. The number of nitrogens with one attached hydrogen (secondary N) is 1. The minimum absolute atomic E-state index is 0.0299. The molecule has 2 unspecified atom stereocenters. The van der Waals surface area contributed by atoms with Crippen LogP contribution >= 0.6 is 11.6 Å².